The van der Waals surface area contributed by atoms with E-state index in [9.17, 15) is 13.2 Å². The van der Waals surface area contributed by atoms with E-state index in [0.717, 1.165) is 18.9 Å². The molecule has 0 bridgehead atoms. The molecule has 0 heterocycles. The first-order valence-corrected chi connectivity index (χ1v) is 6.77. The molecule has 3 nitrogen and oxygen atoms in total. The number of alkyl halides is 3. The maximum atomic E-state index is 13.0. The molecule has 0 radical (unpaired) electrons. The lowest BCUT2D eigenvalue weighted by Crippen LogP contribution is -2.21. The summed E-state index contributed by atoms with van der Waals surface area (Å²) in [6, 6.07) is 11.7. The van der Waals surface area contributed by atoms with Crippen molar-refractivity contribution >= 4 is 17.3 Å². The highest BCUT2D eigenvalue weighted by molar-refractivity contribution is 6.32. The summed E-state index contributed by atoms with van der Waals surface area (Å²) in [6.45, 7) is 0.168. The molecule has 0 fully saturated rings. The van der Waals surface area contributed by atoms with Gasteiger partial charge in [0.2, 0.25) is 0 Å². The van der Waals surface area contributed by atoms with Gasteiger partial charge in [0.25, 0.3) is 0 Å². The van der Waals surface area contributed by atoms with Crippen molar-refractivity contribution < 1.29 is 17.9 Å². The van der Waals surface area contributed by atoms with E-state index < -0.39 is 11.7 Å². The Morgan fingerprint density at radius 3 is 2.41 bits per heavy atom. The van der Waals surface area contributed by atoms with Gasteiger partial charge in [-0.25, -0.2) is 5.43 Å². The molecule has 0 aliphatic heterocycles. The SMILES string of the molecule is COc1c(Cl)cc(CNNc2ccccc2)cc1C(F)(F)F. The van der Waals surface area contributed by atoms with Crippen LogP contribution in [0.5, 0.6) is 5.75 Å². The normalized spacial score (nSPS) is 11.3. The Kier molecular flexibility index (Phi) is 5.15. The van der Waals surface area contributed by atoms with Crippen molar-refractivity contribution in [3.05, 3.63) is 58.6 Å². The van der Waals surface area contributed by atoms with Crippen LogP contribution in [-0.4, -0.2) is 7.11 Å². The van der Waals surface area contributed by atoms with Crippen molar-refractivity contribution in [2.75, 3.05) is 12.5 Å². The molecule has 0 amide bonds. The molecule has 2 aromatic rings. The largest absolute Gasteiger partial charge is 0.495 e. The van der Waals surface area contributed by atoms with Gasteiger partial charge in [-0.2, -0.15) is 13.2 Å². The molecule has 0 unspecified atom stereocenters. The summed E-state index contributed by atoms with van der Waals surface area (Å²) in [4.78, 5) is 0. The number of hydrogen-bond donors (Lipinski definition) is 2. The first kappa shape index (κ1) is 16.5. The molecule has 0 aromatic heterocycles. The van der Waals surface area contributed by atoms with E-state index in [-0.39, 0.29) is 17.3 Å². The second-order valence-corrected chi connectivity index (χ2v) is 4.91. The second kappa shape index (κ2) is 6.89. The van der Waals surface area contributed by atoms with Crippen LogP contribution in [-0.2, 0) is 12.7 Å². The number of para-hydroxylation sites is 1. The smallest absolute Gasteiger partial charge is 0.420 e. The summed E-state index contributed by atoms with van der Waals surface area (Å²) in [5.41, 5.74) is 6.04. The number of halogens is 4. The van der Waals surface area contributed by atoms with Gasteiger partial charge in [0, 0.05) is 12.2 Å². The van der Waals surface area contributed by atoms with Gasteiger partial charge in [0.1, 0.15) is 5.75 Å². The van der Waals surface area contributed by atoms with Crippen LogP contribution in [0.25, 0.3) is 0 Å². The summed E-state index contributed by atoms with van der Waals surface area (Å²) < 4.78 is 43.8. The first-order valence-electron chi connectivity index (χ1n) is 6.39. The van der Waals surface area contributed by atoms with Crippen molar-refractivity contribution in [2.45, 2.75) is 12.7 Å². The Hall–Kier alpha value is -1.92. The monoisotopic (exact) mass is 330 g/mol. The number of hydrazine groups is 1. The fourth-order valence-corrected chi connectivity index (χ4v) is 2.26. The molecule has 0 saturated carbocycles. The van der Waals surface area contributed by atoms with E-state index in [1.54, 1.807) is 0 Å². The van der Waals surface area contributed by atoms with Gasteiger partial charge in [0.05, 0.1) is 17.7 Å². The molecule has 0 spiro atoms. The van der Waals surface area contributed by atoms with E-state index in [1.807, 2.05) is 30.3 Å². The highest BCUT2D eigenvalue weighted by Gasteiger charge is 2.35. The van der Waals surface area contributed by atoms with E-state index in [2.05, 4.69) is 10.9 Å². The van der Waals surface area contributed by atoms with Gasteiger partial charge in [-0.15, -0.1) is 0 Å². The summed E-state index contributed by atoms with van der Waals surface area (Å²) in [7, 11) is 1.16. The van der Waals surface area contributed by atoms with Crippen molar-refractivity contribution in [1.82, 2.24) is 5.43 Å². The minimum Gasteiger partial charge on any atom is -0.495 e. The number of rotatable bonds is 5. The van der Waals surface area contributed by atoms with Crippen LogP contribution in [0.2, 0.25) is 5.02 Å². The Labute approximate surface area is 131 Å². The molecule has 118 valence electrons. The van der Waals surface area contributed by atoms with Crippen LogP contribution in [0.1, 0.15) is 11.1 Å². The summed E-state index contributed by atoms with van der Waals surface area (Å²) in [5.74, 6) is -0.367. The Morgan fingerprint density at radius 1 is 1.14 bits per heavy atom. The topological polar surface area (TPSA) is 33.3 Å². The zero-order chi connectivity index (χ0) is 16.2. The van der Waals surface area contributed by atoms with Gasteiger partial charge in [-0.3, -0.25) is 0 Å². The highest BCUT2D eigenvalue weighted by Crippen LogP contribution is 2.40. The lowest BCUT2D eigenvalue weighted by atomic mass is 10.1. The number of anilines is 1. The predicted molar refractivity (Wildman–Crippen MR) is 79.9 cm³/mol. The van der Waals surface area contributed by atoms with Crippen molar-refractivity contribution in [3.8, 4) is 5.75 Å². The van der Waals surface area contributed by atoms with Crippen LogP contribution >= 0.6 is 11.6 Å². The minimum atomic E-state index is -4.53. The number of ether oxygens (including phenoxy) is 1. The van der Waals surface area contributed by atoms with Gasteiger partial charge >= 0.3 is 6.18 Å². The van der Waals surface area contributed by atoms with Crippen LogP contribution in [0.3, 0.4) is 0 Å². The highest BCUT2D eigenvalue weighted by atomic mass is 35.5. The maximum absolute atomic E-state index is 13.0. The molecule has 2 N–H and O–H groups in total. The molecule has 22 heavy (non-hydrogen) atoms. The molecule has 7 heteroatoms. The number of benzene rings is 2. The van der Waals surface area contributed by atoms with E-state index >= 15 is 0 Å². The van der Waals surface area contributed by atoms with Crippen LogP contribution in [0.15, 0.2) is 42.5 Å². The second-order valence-electron chi connectivity index (χ2n) is 4.50. The molecular formula is C15H14ClF3N2O. The average Bonchev–Trinajstić information content (AvgIpc) is 2.47. The first-order chi connectivity index (χ1) is 10.4. The zero-order valence-electron chi connectivity index (χ0n) is 11.7. The maximum Gasteiger partial charge on any atom is 0.420 e. The third-order valence-electron chi connectivity index (χ3n) is 2.91. The predicted octanol–water partition coefficient (Wildman–Crippen LogP) is 4.48. The van der Waals surface area contributed by atoms with Crippen LogP contribution < -0.4 is 15.6 Å². The van der Waals surface area contributed by atoms with E-state index in [0.29, 0.717) is 5.56 Å². The zero-order valence-corrected chi connectivity index (χ0v) is 12.4. The average molecular weight is 331 g/mol. The van der Waals surface area contributed by atoms with Gasteiger partial charge in [-0.05, 0) is 29.8 Å². The molecular weight excluding hydrogens is 317 g/mol. The third-order valence-corrected chi connectivity index (χ3v) is 3.19. The molecule has 0 atom stereocenters. The number of nitrogens with one attached hydrogen (secondary N) is 2. The van der Waals surface area contributed by atoms with Gasteiger partial charge < -0.3 is 10.2 Å². The summed E-state index contributed by atoms with van der Waals surface area (Å²) in [6.07, 6.45) is -4.53. The molecule has 0 aliphatic rings. The lowest BCUT2D eigenvalue weighted by molar-refractivity contribution is -0.138. The van der Waals surface area contributed by atoms with Crippen LogP contribution in [0.4, 0.5) is 18.9 Å². The lowest BCUT2D eigenvalue weighted by Gasteiger charge is -2.16. The summed E-state index contributed by atoms with van der Waals surface area (Å²) in [5, 5.41) is -0.0752. The van der Waals surface area contributed by atoms with E-state index in [4.69, 9.17) is 16.3 Å². The molecule has 0 saturated heterocycles. The van der Waals surface area contributed by atoms with Gasteiger partial charge in [-0.1, -0.05) is 29.8 Å². The Bertz CT molecular complexity index is 633. The molecule has 0 aliphatic carbocycles. The van der Waals surface area contributed by atoms with Gasteiger partial charge in [0.15, 0.2) is 0 Å². The van der Waals surface area contributed by atoms with Crippen molar-refractivity contribution in [3.63, 3.8) is 0 Å². The standard InChI is InChI=1S/C15H14ClF3N2O/c1-22-14-12(15(17,18)19)7-10(8-13(14)16)9-20-21-11-5-3-2-4-6-11/h2-8,20-21H,9H2,1H3. The Balaban J connectivity index is 2.13. The van der Waals surface area contributed by atoms with E-state index in [1.165, 1.54) is 6.07 Å². The van der Waals surface area contributed by atoms with Crippen molar-refractivity contribution in [1.29, 1.82) is 0 Å². The van der Waals surface area contributed by atoms with Crippen LogP contribution in [0, 0.1) is 0 Å². The molecule has 2 rings (SSSR count). The quantitative estimate of drug-likeness (QED) is 0.793. The number of hydrogen-bond acceptors (Lipinski definition) is 3. The van der Waals surface area contributed by atoms with Crippen molar-refractivity contribution in [2.24, 2.45) is 0 Å². The minimum absolute atomic E-state index is 0.0752. The third kappa shape index (κ3) is 4.05. The number of methoxy groups -OCH3 is 1. The fraction of sp³-hybridized carbons (Fsp3) is 0.200. The summed E-state index contributed by atoms with van der Waals surface area (Å²) >= 11 is 5.86. The molecule has 2 aromatic carbocycles. The fourth-order valence-electron chi connectivity index (χ4n) is 1.94. The Morgan fingerprint density at radius 2 is 1.82 bits per heavy atom.